The van der Waals surface area contributed by atoms with Gasteiger partial charge < -0.3 is 10.2 Å². The highest BCUT2D eigenvalue weighted by atomic mass is 16.6. The molecule has 0 rings (SSSR count). The van der Waals surface area contributed by atoms with Gasteiger partial charge in [0.15, 0.2) is 0 Å². The molecule has 0 aliphatic rings. The lowest BCUT2D eigenvalue weighted by Crippen LogP contribution is -2.24. The zero-order chi connectivity index (χ0) is 8.85. The summed E-state index contributed by atoms with van der Waals surface area (Å²) in [5, 5.41) is 2.63. The number of hydrogen-bond acceptors (Lipinski definition) is 3. The molecule has 3 N–H and O–H groups in total. The number of likely N-dealkylation sites (N-methyl/N-ethyl adjacent to an activating group) is 1. The van der Waals surface area contributed by atoms with Crippen LogP contribution in [-0.4, -0.2) is 12.5 Å². The maximum atomic E-state index is 11.0. The van der Waals surface area contributed by atoms with E-state index in [9.17, 15) is 4.79 Å². The molecule has 4 heteroatoms. The van der Waals surface area contributed by atoms with Gasteiger partial charge >= 0.3 is 0 Å². The summed E-state index contributed by atoms with van der Waals surface area (Å²) in [6, 6.07) is 0. The monoisotopic (exact) mass is 158 g/mol. The van der Waals surface area contributed by atoms with Crippen LogP contribution in [0.3, 0.4) is 0 Å². The van der Waals surface area contributed by atoms with E-state index in [0.717, 1.165) is 0 Å². The molecule has 0 aliphatic carbocycles. The number of amides is 1. The van der Waals surface area contributed by atoms with E-state index in [-0.39, 0.29) is 5.91 Å². The third kappa shape index (κ3) is 3.04. The molecule has 0 saturated carbocycles. The SMILES string of the molecule is CCNC(=O)/C(C)=C(\C)ON. The molecular formula is C7H14N2O2. The minimum atomic E-state index is -0.143. The summed E-state index contributed by atoms with van der Waals surface area (Å²) >= 11 is 0. The third-order valence-electron chi connectivity index (χ3n) is 1.38. The smallest absolute Gasteiger partial charge is 0.250 e. The van der Waals surface area contributed by atoms with Crippen LogP contribution in [0, 0.1) is 0 Å². The summed E-state index contributed by atoms with van der Waals surface area (Å²) in [5.41, 5.74) is 0.509. The lowest BCUT2D eigenvalue weighted by atomic mass is 10.2. The number of carbonyl (C=O) groups excluding carboxylic acids is 1. The zero-order valence-electron chi connectivity index (χ0n) is 7.10. The lowest BCUT2D eigenvalue weighted by molar-refractivity contribution is -0.117. The lowest BCUT2D eigenvalue weighted by Gasteiger charge is -2.04. The van der Waals surface area contributed by atoms with Crippen LogP contribution in [0.5, 0.6) is 0 Å². The third-order valence-corrected chi connectivity index (χ3v) is 1.38. The number of allylic oxidation sites excluding steroid dienone is 1. The van der Waals surface area contributed by atoms with E-state index in [1.807, 2.05) is 6.92 Å². The second kappa shape index (κ2) is 4.73. The Bertz CT molecular complexity index is 175. The van der Waals surface area contributed by atoms with Crippen molar-refractivity contribution in [3.63, 3.8) is 0 Å². The Hall–Kier alpha value is -1.03. The van der Waals surface area contributed by atoms with Crippen molar-refractivity contribution in [3.05, 3.63) is 11.3 Å². The van der Waals surface area contributed by atoms with Gasteiger partial charge in [-0.2, -0.15) is 5.90 Å². The van der Waals surface area contributed by atoms with Crippen LogP contribution in [0.1, 0.15) is 20.8 Å². The molecule has 0 bridgehead atoms. The summed E-state index contributed by atoms with van der Waals surface area (Å²) in [5.74, 6) is 5.17. The van der Waals surface area contributed by atoms with E-state index in [2.05, 4.69) is 10.2 Å². The van der Waals surface area contributed by atoms with Crippen LogP contribution in [0.4, 0.5) is 0 Å². The molecule has 0 heterocycles. The van der Waals surface area contributed by atoms with Gasteiger partial charge in [-0.25, -0.2) is 0 Å². The molecule has 0 spiro atoms. The topological polar surface area (TPSA) is 64.3 Å². The van der Waals surface area contributed by atoms with E-state index in [4.69, 9.17) is 5.90 Å². The van der Waals surface area contributed by atoms with E-state index in [1.165, 1.54) is 0 Å². The summed E-state index contributed by atoms with van der Waals surface area (Å²) in [4.78, 5) is 15.4. The molecular weight excluding hydrogens is 144 g/mol. The van der Waals surface area contributed by atoms with E-state index in [1.54, 1.807) is 13.8 Å². The van der Waals surface area contributed by atoms with Crippen molar-refractivity contribution in [2.24, 2.45) is 5.90 Å². The molecule has 1 amide bonds. The maximum absolute atomic E-state index is 11.0. The van der Waals surface area contributed by atoms with Crippen molar-refractivity contribution in [2.75, 3.05) is 6.54 Å². The summed E-state index contributed by atoms with van der Waals surface area (Å²) in [7, 11) is 0. The van der Waals surface area contributed by atoms with E-state index in [0.29, 0.717) is 17.9 Å². The first-order valence-electron chi connectivity index (χ1n) is 3.45. The summed E-state index contributed by atoms with van der Waals surface area (Å²) in [6.45, 7) is 5.76. The Balaban J connectivity index is 4.22. The number of nitrogens with one attached hydrogen (secondary N) is 1. The predicted octanol–water partition coefficient (Wildman–Crippen LogP) is 0.307. The van der Waals surface area contributed by atoms with Crippen LogP contribution in [0.2, 0.25) is 0 Å². The van der Waals surface area contributed by atoms with Crippen molar-refractivity contribution >= 4 is 5.91 Å². The standard InChI is InChI=1S/C7H14N2O2/c1-4-9-7(10)5(2)6(3)11-8/h4,8H2,1-3H3,(H,9,10)/b6-5+. The maximum Gasteiger partial charge on any atom is 0.250 e. The van der Waals surface area contributed by atoms with Crippen LogP contribution in [-0.2, 0) is 9.63 Å². The van der Waals surface area contributed by atoms with Crippen LogP contribution >= 0.6 is 0 Å². The number of nitrogens with two attached hydrogens (primary N) is 1. The average Bonchev–Trinajstić information content (AvgIpc) is 2.02. The number of hydrogen-bond donors (Lipinski definition) is 2. The average molecular weight is 158 g/mol. The van der Waals surface area contributed by atoms with Gasteiger partial charge in [-0.15, -0.1) is 0 Å². The highest BCUT2D eigenvalue weighted by Crippen LogP contribution is 2.01. The second-order valence-corrected chi connectivity index (χ2v) is 2.16. The van der Waals surface area contributed by atoms with Crippen molar-refractivity contribution < 1.29 is 9.63 Å². The fourth-order valence-corrected chi connectivity index (χ4v) is 0.541. The fraction of sp³-hybridized carbons (Fsp3) is 0.571. The highest BCUT2D eigenvalue weighted by molar-refractivity contribution is 5.93. The Labute approximate surface area is 66.4 Å². The van der Waals surface area contributed by atoms with Crippen LogP contribution in [0.25, 0.3) is 0 Å². The summed E-state index contributed by atoms with van der Waals surface area (Å²) in [6.07, 6.45) is 0. The van der Waals surface area contributed by atoms with Gasteiger partial charge in [0, 0.05) is 6.54 Å². The molecule has 0 aromatic heterocycles. The minimum Gasteiger partial charge on any atom is -0.416 e. The van der Waals surface area contributed by atoms with Crippen molar-refractivity contribution in [3.8, 4) is 0 Å². The largest absolute Gasteiger partial charge is 0.416 e. The molecule has 0 aromatic rings. The van der Waals surface area contributed by atoms with Crippen molar-refractivity contribution in [1.29, 1.82) is 0 Å². The first-order valence-corrected chi connectivity index (χ1v) is 3.45. The molecule has 11 heavy (non-hydrogen) atoms. The van der Waals surface area contributed by atoms with Gasteiger partial charge in [0.1, 0.15) is 5.76 Å². The van der Waals surface area contributed by atoms with Gasteiger partial charge in [0.05, 0.1) is 5.57 Å². The van der Waals surface area contributed by atoms with Crippen LogP contribution < -0.4 is 11.2 Å². The molecule has 4 nitrogen and oxygen atoms in total. The molecule has 0 atom stereocenters. The molecule has 0 radical (unpaired) electrons. The van der Waals surface area contributed by atoms with Gasteiger partial charge in [0.25, 0.3) is 0 Å². The number of carbonyl (C=O) groups is 1. The van der Waals surface area contributed by atoms with E-state index >= 15 is 0 Å². The Kier molecular flexibility index (Phi) is 4.29. The normalized spacial score (nSPS) is 12.0. The minimum absolute atomic E-state index is 0.143. The molecule has 0 aromatic carbocycles. The van der Waals surface area contributed by atoms with Crippen molar-refractivity contribution in [1.82, 2.24) is 5.32 Å². The van der Waals surface area contributed by atoms with Gasteiger partial charge in [-0.1, -0.05) is 0 Å². The Morgan fingerprint density at radius 2 is 2.09 bits per heavy atom. The van der Waals surface area contributed by atoms with E-state index < -0.39 is 0 Å². The molecule has 64 valence electrons. The first kappa shape index (κ1) is 9.97. The first-order chi connectivity index (χ1) is 5.13. The van der Waals surface area contributed by atoms with Gasteiger partial charge in [0.2, 0.25) is 5.91 Å². The van der Waals surface area contributed by atoms with Crippen LogP contribution in [0.15, 0.2) is 11.3 Å². The Morgan fingerprint density at radius 3 is 2.45 bits per heavy atom. The van der Waals surface area contributed by atoms with Crippen molar-refractivity contribution in [2.45, 2.75) is 20.8 Å². The molecule has 0 fully saturated rings. The fourth-order valence-electron chi connectivity index (χ4n) is 0.541. The molecule has 0 unspecified atom stereocenters. The quantitative estimate of drug-likeness (QED) is 0.353. The summed E-state index contributed by atoms with van der Waals surface area (Å²) < 4.78 is 0. The predicted molar refractivity (Wildman–Crippen MR) is 42.3 cm³/mol. The van der Waals surface area contributed by atoms with Gasteiger partial charge in [-0.3, -0.25) is 4.79 Å². The molecule has 0 aliphatic heterocycles. The zero-order valence-corrected chi connectivity index (χ0v) is 7.10. The second-order valence-electron chi connectivity index (χ2n) is 2.16. The van der Waals surface area contributed by atoms with Gasteiger partial charge in [-0.05, 0) is 20.8 Å². The Morgan fingerprint density at radius 1 is 1.55 bits per heavy atom. The highest BCUT2D eigenvalue weighted by Gasteiger charge is 2.06. The molecule has 0 saturated heterocycles. The number of rotatable bonds is 3.